The Morgan fingerprint density at radius 3 is 2.48 bits per heavy atom. The molecule has 11 heteroatoms. The molecule has 234 valence electrons. The maximum Gasteiger partial charge on any atom is 0.387 e. The molecule has 1 atom stereocenters. The maximum absolute atomic E-state index is 13.4. The zero-order valence-electron chi connectivity index (χ0n) is 25.2. The molecule has 0 aliphatic carbocycles. The average molecular weight is 624 g/mol. The third-order valence-corrected chi connectivity index (χ3v) is 8.81. The fourth-order valence-corrected chi connectivity index (χ4v) is 6.55. The summed E-state index contributed by atoms with van der Waals surface area (Å²) in [6.45, 7) is 1.73. The molecule has 1 saturated heterocycles. The van der Waals surface area contributed by atoms with E-state index < -0.39 is 18.6 Å². The van der Waals surface area contributed by atoms with Crippen molar-refractivity contribution in [1.29, 1.82) is 0 Å². The monoisotopic (exact) mass is 623 g/mol. The smallest absolute Gasteiger partial charge is 0.387 e. The van der Waals surface area contributed by atoms with E-state index in [0.29, 0.717) is 47.9 Å². The van der Waals surface area contributed by atoms with Crippen LogP contribution in [0, 0.1) is 13.8 Å². The highest BCUT2D eigenvalue weighted by Gasteiger charge is 2.31. The average Bonchev–Trinajstić information content (AvgIpc) is 3.74. The lowest BCUT2D eigenvalue weighted by molar-refractivity contribution is -0.142. The number of hydrogen-bond acceptors (Lipinski definition) is 7. The molecule has 1 aliphatic heterocycles. The van der Waals surface area contributed by atoms with Crippen LogP contribution in [0.3, 0.4) is 0 Å². The number of ether oxygens (including phenoxy) is 1. The second kappa shape index (κ2) is 11.6. The topological polar surface area (TPSA) is 130 Å². The van der Waals surface area contributed by atoms with Crippen molar-refractivity contribution in [2.24, 2.45) is 0 Å². The van der Waals surface area contributed by atoms with Crippen molar-refractivity contribution >= 4 is 34.1 Å². The number of nitrogens with one attached hydrogen (secondary N) is 1. The number of hydrogen-bond donors (Lipinski definition) is 3. The first kappa shape index (κ1) is 29.4. The molecule has 0 amide bonds. The van der Waals surface area contributed by atoms with Crippen molar-refractivity contribution in [2.75, 3.05) is 12.3 Å². The van der Waals surface area contributed by atoms with Gasteiger partial charge in [0.05, 0.1) is 11.0 Å². The van der Waals surface area contributed by atoms with Gasteiger partial charge < -0.3 is 25.0 Å². The lowest BCUT2D eigenvalue weighted by atomic mass is 9.89. The molecular weight excluding hydrogens is 592 g/mol. The van der Waals surface area contributed by atoms with E-state index in [-0.39, 0.29) is 12.3 Å². The number of aromatic nitrogens is 3. The second-order valence-corrected chi connectivity index (χ2v) is 11.6. The maximum atomic E-state index is 13.4. The van der Waals surface area contributed by atoms with E-state index in [4.69, 9.17) is 19.9 Å². The second-order valence-electron chi connectivity index (χ2n) is 11.6. The SMILES string of the molecule is Cc1c(-c2ccc3nc(N)[nH]c3c2)cccc1-c1cccc(-c2nc3cc(CN4CCC[C@H]4C(=O)O)c(OC(F)F)cc3o2)c1C. The number of nitrogen functional groups attached to an aromatic ring is 1. The van der Waals surface area contributed by atoms with Gasteiger partial charge in [-0.2, -0.15) is 8.78 Å². The van der Waals surface area contributed by atoms with Gasteiger partial charge in [0.25, 0.3) is 0 Å². The number of anilines is 1. The van der Waals surface area contributed by atoms with Crippen LogP contribution >= 0.6 is 0 Å². The Kier molecular flexibility index (Phi) is 7.40. The van der Waals surface area contributed by atoms with Gasteiger partial charge in [-0.3, -0.25) is 9.69 Å². The van der Waals surface area contributed by atoms with E-state index in [1.165, 1.54) is 6.07 Å². The summed E-state index contributed by atoms with van der Waals surface area (Å²) in [6, 6.07) is 20.5. The number of halogens is 2. The van der Waals surface area contributed by atoms with Crippen molar-refractivity contribution < 1.29 is 27.8 Å². The molecule has 9 nitrogen and oxygen atoms in total. The van der Waals surface area contributed by atoms with Gasteiger partial charge in [0.15, 0.2) is 11.5 Å². The Bertz CT molecular complexity index is 2120. The number of oxazole rings is 1. The predicted octanol–water partition coefficient (Wildman–Crippen LogP) is 7.55. The van der Waals surface area contributed by atoms with Gasteiger partial charge in [0.1, 0.15) is 17.3 Å². The number of nitrogens with two attached hydrogens (primary N) is 1. The number of benzene rings is 4. The number of H-pyrrole nitrogens is 1. The highest BCUT2D eigenvalue weighted by atomic mass is 19.3. The van der Waals surface area contributed by atoms with E-state index in [1.54, 1.807) is 11.0 Å². The Morgan fingerprint density at radius 2 is 1.74 bits per heavy atom. The summed E-state index contributed by atoms with van der Waals surface area (Å²) in [5.74, 6) is -0.277. The number of imidazole rings is 1. The molecule has 1 aliphatic rings. The summed E-state index contributed by atoms with van der Waals surface area (Å²) in [4.78, 5) is 25.6. The van der Waals surface area contributed by atoms with Crippen LogP contribution in [0.2, 0.25) is 0 Å². The predicted molar refractivity (Wildman–Crippen MR) is 172 cm³/mol. The fourth-order valence-electron chi connectivity index (χ4n) is 6.55. The molecule has 0 bridgehead atoms. The van der Waals surface area contributed by atoms with Gasteiger partial charge in [-0.1, -0.05) is 36.4 Å². The third-order valence-electron chi connectivity index (χ3n) is 8.81. The number of carbonyl (C=O) groups is 1. The molecule has 0 saturated carbocycles. The molecule has 1 fully saturated rings. The first-order valence-electron chi connectivity index (χ1n) is 15.0. The summed E-state index contributed by atoms with van der Waals surface area (Å²) < 4.78 is 37.8. The number of aromatic amines is 1. The fraction of sp³-hybridized carbons (Fsp3) is 0.229. The third kappa shape index (κ3) is 5.32. The molecule has 4 N–H and O–H groups in total. The van der Waals surface area contributed by atoms with E-state index >= 15 is 0 Å². The van der Waals surface area contributed by atoms with Crippen LogP contribution in [0.4, 0.5) is 14.7 Å². The standard InChI is InChI=1S/C35H31F2N5O4/c1-18-22(20-11-12-26-27(14-20)41-35(38)40-26)6-3-7-23(18)24-8-4-9-25(19(24)2)32-39-28-15-21(17-42-13-5-10-29(42)33(43)44)30(46-34(36)37)16-31(28)45-32/h3-4,6-9,11-12,14-16,29,34H,5,10,13,17H2,1-2H3,(H,43,44)(H3,38,40,41)/t29-/m0/s1. The Morgan fingerprint density at radius 1 is 1.02 bits per heavy atom. The number of carboxylic acid groups (broad SMARTS) is 1. The lowest BCUT2D eigenvalue weighted by Crippen LogP contribution is -2.35. The summed E-state index contributed by atoms with van der Waals surface area (Å²) in [7, 11) is 0. The summed E-state index contributed by atoms with van der Waals surface area (Å²) in [5, 5.41) is 9.61. The van der Waals surface area contributed by atoms with Crippen LogP contribution in [0.1, 0.15) is 29.5 Å². The Balaban J connectivity index is 1.26. The minimum atomic E-state index is -3.05. The van der Waals surface area contributed by atoms with Crippen LogP contribution in [-0.2, 0) is 11.3 Å². The normalized spacial score (nSPS) is 15.4. The van der Waals surface area contributed by atoms with Gasteiger partial charge in [-0.25, -0.2) is 9.97 Å². The number of aliphatic carboxylic acids is 1. The van der Waals surface area contributed by atoms with Crippen LogP contribution < -0.4 is 10.5 Å². The van der Waals surface area contributed by atoms with Gasteiger partial charge in [0.2, 0.25) is 5.89 Å². The molecule has 6 aromatic rings. The number of likely N-dealkylation sites (tertiary alicyclic amines) is 1. The molecule has 7 rings (SSSR count). The van der Waals surface area contributed by atoms with Crippen molar-refractivity contribution in [1.82, 2.24) is 19.9 Å². The highest BCUT2D eigenvalue weighted by Crippen LogP contribution is 2.39. The van der Waals surface area contributed by atoms with Crippen LogP contribution in [0.25, 0.3) is 55.8 Å². The summed E-state index contributed by atoms with van der Waals surface area (Å²) >= 11 is 0. The molecule has 2 aromatic heterocycles. The van der Waals surface area contributed by atoms with Gasteiger partial charge in [-0.15, -0.1) is 0 Å². The van der Waals surface area contributed by atoms with E-state index in [2.05, 4.69) is 29.0 Å². The Hall–Kier alpha value is -5.29. The molecule has 0 radical (unpaired) electrons. The highest BCUT2D eigenvalue weighted by molar-refractivity contribution is 5.88. The number of rotatable bonds is 8. The van der Waals surface area contributed by atoms with Crippen molar-refractivity contribution in [3.05, 3.63) is 83.4 Å². The van der Waals surface area contributed by atoms with E-state index in [0.717, 1.165) is 50.0 Å². The van der Waals surface area contributed by atoms with Crippen LogP contribution in [0.15, 0.2) is 71.1 Å². The number of alkyl halides is 2. The first-order valence-corrected chi connectivity index (χ1v) is 15.0. The van der Waals surface area contributed by atoms with Crippen LogP contribution in [0.5, 0.6) is 5.75 Å². The van der Waals surface area contributed by atoms with Crippen molar-refractivity contribution in [2.45, 2.75) is 45.9 Å². The first-order chi connectivity index (χ1) is 22.2. The molecule has 0 spiro atoms. The van der Waals surface area contributed by atoms with Gasteiger partial charge >= 0.3 is 12.6 Å². The largest absolute Gasteiger partial charge is 0.480 e. The summed E-state index contributed by atoms with van der Waals surface area (Å²) in [5.41, 5.74) is 15.7. The van der Waals surface area contributed by atoms with Crippen molar-refractivity contribution in [3.8, 4) is 39.5 Å². The number of fused-ring (bicyclic) bond motifs is 2. The minimum absolute atomic E-state index is 0.0600. The quantitative estimate of drug-likeness (QED) is 0.158. The van der Waals surface area contributed by atoms with Gasteiger partial charge in [0, 0.05) is 23.7 Å². The molecule has 4 aromatic carbocycles. The molecule has 3 heterocycles. The zero-order valence-corrected chi connectivity index (χ0v) is 25.2. The number of carboxylic acids is 1. The number of nitrogens with zero attached hydrogens (tertiary/aromatic N) is 3. The lowest BCUT2D eigenvalue weighted by Gasteiger charge is -2.22. The van der Waals surface area contributed by atoms with E-state index in [9.17, 15) is 18.7 Å². The summed E-state index contributed by atoms with van der Waals surface area (Å²) in [6.07, 6.45) is 1.22. The molecule has 46 heavy (non-hydrogen) atoms. The van der Waals surface area contributed by atoms with E-state index in [1.807, 2.05) is 49.4 Å². The Labute approximate surface area is 262 Å². The molecule has 0 unspecified atom stereocenters. The molecular formula is C35H31F2N5O4. The minimum Gasteiger partial charge on any atom is -0.480 e. The zero-order chi connectivity index (χ0) is 32.1. The van der Waals surface area contributed by atoms with Gasteiger partial charge in [-0.05, 0) is 90.9 Å². The van der Waals surface area contributed by atoms with Crippen molar-refractivity contribution in [3.63, 3.8) is 0 Å². The van der Waals surface area contributed by atoms with Crippen LogP contribution in [-0.4, -0.2) is 50.1 Å².